The van der Waals surface area contributed by atoms with Crippen LogP contribution in [0.3, 0.4) is 0 Å². The zero-order valence-corrected chi connectivity index (χ0v) is 14.9. The van der Waals surface area contributed by atoms with Crippen molar-refractivity contribution in [1.82, 2.24) is 15.1 Å². The molecule has 0 fully saturated rings. The minimum Gasteiger partial charge on any atom is -0.362 e. The molecular formula is C13H13BrCl2N4S. The fraction of sp³-hybridized carbons (Fsp3) is 0.231. The van der Waals surface area contributed by atoms with Gasteiger partial charge in [-0.1, -0.05) is 23.2 Å². The molecule has 0 unspecified atom stereocenters. The summed E-state index contributed by atoms with van der Waals surface area (Å²) in [6.45, 7) is 1.58. The molecule has 0 radical (unpaired) electrons. The van der Waals surface area contributed by atoms with Crippen LogP contribution in [-0.2, 0) is 6.54 Å². The van der Waals surface area contributed by atoms with Crippen LogP contribution in [0.15, 0.2) is 35.1 Å². The Kier molecular flexibility index (Phi) is 6.29. The van der Waals surface area contributed by atoms with E-state index in [0.717, 1.165) is 29.7 Å². The second kappa shape index (κ2) is 7.98. The van der Waals surface area contributed by atoms with Gasteiger partial charge in [-0.05, 0) is 52.8 Å². The van der Waals surface area contributed by atoms with Crippen LogP contribution in [0.2, 0.25) is 10.0 Å². The predicted octanol–water partition coefficient (Wildman–Crippen LogP) is 4.33. The van der Waals surface area contributed by atoms with Gasteiger partial charge in [-0.3, -0.25) is 4.68 Å². The SMILES string of the molecule is S=C(NCCCn1cc(Br)cn1)Nc1ccc(Cl)c(Cl)c1. The van der Waals surface area contributed by atoms with Gasteiger partial charge in [-0.2, -0.15) is 5.10 Å². The Morgan fingerprint density at radius 3 is 2.81 bits per heavy atom. The van der Waals surface area contributed by atoms with E-state index in [-0.39, 0.29) is 0 Å². The molecule has 21 heavy (non-hydrogen) atoms. The summed E-state index contributed by atoms with van der Waals surface area (Å²) in [7, 11) is 0. The number of benzene rings is 1. The molecule has 0 aliphatic heterocycles. The number of aromatic nitrogens is 2. The Bertz CT molecular complexity index is 632. The van der Waals surface area contributed by atoms with Crippen molar-refractivity contribution in [2.24, 2.45) is 0 Å². The number of nitrogens with one attached hydrogen (secondary N) is 2. The first-order chi connectivity index (χ1) is 10.0. The summed E-state index contributed by atoms with van der Waals surface area (Å²) in [5.74, 6) is 0. The summed E-state index contributed by atoms with van der Waals surface area (Å²) in [6.07, 6.45) is 4.62. The monoisotopic (exact) mass is 406 g/mol. The third-order valence-corrected chi connectivity index (χ3v) is 4.02. The topological polar surface area (TPSA) is 41.9 Å². The Morgan fingerprint density at radius 1 is 1.33 bits per heavy atom. The highest BCUT2D eigenvalue weighted by atomic mass is 79.9. The zero-order valence-electron chi connectivity index (χ0n) is 10.9. The van der Waals surface area contributed by atoms with Gasteiger partial charge >= 0.3 is 0 Å². The number of nitrogens with zero attached hydrogens (tertiary/aromatic N) is 2. The van der Waals surface area contributed by atoms with Gasteiger partial charge in [0.1, 0.15) is 0 Å². The molecule has 4 nitrogen and oxygen atoms in total. The summed E-state index contributed by atoms with van der Waals surface area (Å²) < 4.78 is 2.86. The lowest BCUT2D eigenvalue weighted by molar-refractivity contribution is 0.573. The summed E-state index contributed by atoms with van der Waals surface area (Å²) in [5.41, 5.74) is 0.804. The van der Waals surface area contributed by atoms with Gasteiger partial charge in [0.15, 0.2) is 5.11 Å². The minimum atomic E-state index is 0.494. The van der Waals surface area contributed by atoms with Crippen molar-refractivity contribution in [2.75, 3.05) is 11.9 Å². The van der Waals surface area contributed by atoms with Crippen molar-refractivity contribution in [3.05, 3.63) is 45.1 Å². The van der Waals surface area contributed by atoms with E-state index < -0.39 is 0 Å². The molecule has 0 spiro atoms. The normalized spacial score (nSPS) is 10.4. The largest absolute Gasteiger partial charge is 0.362 e. The first kappa shape index (κ1) is 16.5. The molecule has 0 saturated heterocycles. The lowest BCUT2D eigenvalue weighted by atomic mass is 10.3. The number of hydrogen-bond acceptors (Lipinski definition) is 2. The van der Waals surface area contributed by atoms with Crippen LogP contribution in [0.25, 0.3) is 0 Å². The molecular weight excluding hydrogens is 395 g/mol. The minimum absolute atomic E-state index is 0.494. The molecule has 0 aliphatic carbocycles. The number of hydrogen-bond donors (Lipinski definition) is 2. The summed E-state index contributed by atoms with van der Waals surface area (Å²) >= 11 is 20.4. The average molecular weight is 408 g/mol. The van der Waals surface area contributed by atoms with Crippen LogP contribution >= 0.6 is 51.3 Å². The summed E-state index contributed by atoms with van der Waals surface area (Å²) in [4.78, 5) is 0. The van der Waals surface area contributed by atoms with E-state index in [1.54, 1.807) is 18.3 Å². The molecule has 2 rings (SSSR count). The fourth-order valence-electron chi connectivity index (χ4n) is 1.65. The molecule has 2 N–H and O–H groups in total. The van der Waals surface area contributed by atoms with Gasteiger partial charge in [0.2, 0.25) is 0 Å². The van der Waals surface area contributed by atoms with Gasteiger partial charge < -0.3 is 10.6 Å². The quantitative estimate of drug-likeness (QED) is 0.571. The van der Waals surface area contributed by atoms with E-state index in [4.69, 9.17) is 35.4 Å². The molecule has 0 amide bonds. The second-order valence-corrected chi connectivity index (χ2v) is 6.42. The van der Waals surface area contributed by atoms with E-state index >= 15 is 0 Å². The maximum Gasteiger partial charge on any atom is 0.170 e. The van der Waals surface area contributed by atoms with E-state index in [9.17, 15) is 0 Å². The van der Waals surface area contributed by atoms with Crippen LogP contribution in [0, 0.1) is 0 Å². The molecule has 1 heterocycles. The van der Waals surface area contributed by atoms with Crippen LogP contribution < -0.4 is 10.6 Å². The maximum absolute atomic E-state index is 5.94. The van der Waals surface area contributed by atoms with Crippen LogP contribution in [0.4, 0.5) is 5.69 Å². The Labute approximate surface area is 146 Å². The first-order valence-electron chi connectivity index (χ1n) is 6.22. The second-order valence-electron chi connectivity index (χ2n) is 4.28. The van der Waals surface area contributed by atoms with Crippen molar-refractivity contribution in [3.8, 4) is 0 Å². The number of rotatable bonds is 5. The highest BCUT2D eigenvalue weighted by molar-refractivity contribution is 9.10. The smallest absolute Gasteiger partial charge is 0.170 e. The summed E-state index contributed by atoms with van der Waals surface area (Å²) in [5, 5.41) is 11.9. The molecule has 0 aliphatic rings. The maximum atomic E-state index is 5.94. The third-order valence-electron chi connectivity index (χ3n) is 2.63. The predicted molar refractivity (Wildman–Crippen MR) is 95.2 cm³/mol. The van der Waals surface area contributed by atoms with Gasteiger partial charge in [-0.25, -0.2) is 0 Å². The molecule has 2 aromatic rings. The lowest BCUT2D eigenvalue weighted by Gasteiger charge is -2.11. The van der Waals surface area contributed by atoms with Crippen LogP contribution in [-0.4, -0.2) is 21.4 Å². The van der Waals surface area contributed by atoms with Gasteiger partial charge in [0.25, 0.3) is 0 Å². The van der Waals surface area contributed by atoms with E-state index in [1.165, 1.54) is 0 Å². The number of anilines is 1. The molecule has 0 atom stereocenters. The van der Waals surface area contributed by atoms with Gasteiger partial charge in [0.05, 0.1) is 20.7 Å². The highest BCUT2D eigenvalue weighted by Crippen LogP contribution is 2.24. The molecule has 112 valence electrons. The van der Waals surface area contributed by atoms with Crippen molar-refractivity contribution in [2.45, 2.75) is 13.0 Å². The highest BCUT2D eigenvalue weighted by Gasteiger charge is 2.01. The van der Waals surface area contributed by atoms with Gasteiger partial charge in [-0.15, -0.1) is 0 Å². The Hall–Kier alpha value is -0.820. The van der Waals surface area contributed by atoms with Crippen LogP contribution in [0.5, 0.6) is 0 Å². The van der Waals surface area contributed by atoms with E-state index in [1.807, 2.05) is 16.9 Å². The van der Waals surface area contributed by atoms with E-state index in [2.05, 4.69) is 31.7 Å². The molecule has 0 saturated carbocycles. The average Bonchev–Trinajstić information content (AvgIpc) is 2.85. The van der Waals surface area contributed by atoms with Crippen molar-refractivity contribution in [3.63, 3.8) is 0 Å². The van der Waals surface area contributed by atoms with Crippen molar-refractivity contribution >= 4 is 62.1 Å². The number of aryl methyl sites for hydroxylation is 1. The standard InChI is InChI=1S/C13H13BrCl2N4S/c14-9-7-18-20(8-9)5-1-4-17-13(21)19-10-2-3-11(15)12(16)6-10/h2-3,6-8H,1,4-5H2,(H2,17,19,21). The Balaban J connectivity index is 1.71. The lowest BCUT2D eigenvalue weighted by Crippen LogP contribution is -2.29. The van der Waals surface area contributed by atoms with Crippen molar-refractivity contribution < 1.29 is 0 Å². The molecule has 0 bridgehead atoms. The number of halogens is 3. The summed E-state index contributed by atoms with van der Waals surface area (Å²) in [6, 6.07) is 5.28. The Morgan fingerprint density at radius 2 is 2.14 bits per heavy atom. The van der Waals surface area contributed by atoms with E-state index in [0.29, 0.717) is 15.2 Å². The first-order valence-corrected chi connectivity index (χ1v) is 8.18. The fourth-order valence-corrected chi connectivity index (χ4v) is 2.50. The molecule has 8 heteroatoms. The van der Waals surface area contributed by atoms with Crippen molar-refractivity contribution in [1.29, 1.82) is 0 Å². The third kappa shape index (κ3) is 5.47. The van der Waals surface area contributed by atoms with Gasteiger partial charge in [0, 0.05) is 25.0 Å². The number of thiocarbonyl (C=S) groups is 1. The van der Waals surface area contributed by atoms with Crippen LogP contribution in [0.1, 0.15) is 6.42 Å². The molecule has 1 aromatic carbocycles. The zero-order chi connectivity index (χ0) is 15.2. The molecule has 1 aromatic heterocycles.